The summed E-state index contributed by atoms with van der Waals surface area (Å²) in [7, 11) is 1.42. The summed E-state index contributed by atoms with van der Waals surface area (Å²) in [6.07, 6.45) is -1.45. The van der Waals surface area contributed by atoms with Gasteiger partial charge in [0, 0.05) is 12.4 Å². The predicted octanol–water partition coefficient (Wildman–Crippen LogP) is 1.71. The molecule has 0 aromatic carbocycles. The van der Waals surface area contributed by atoms with Crippen LogP contribution < -0.4 is 10.1 Å². The highest BCUT2D eigenvalue weighted by Crippen LogP contribution is 2.21. The van der Waals surface area contributed by atoms with Gasteiger partial charge < -0.3 is 14.8 Å². The molecule has 1 N–H and O–H groups in total. The van der Waals surface area contributed by atoms with Crippen molar-refractivity contribution in [1.82, 2.24) is 15.3 Å². The first-order valence-electron chi connectivity index (χ1n) is 5.70. The lowest BCUT2D eigenvalue weighted by Crippen LogP contribution is -2.29. The van der Waals surface area contributed by atoms with E-state index in [1.165, 1.54) is 19.5 Å². The van der Waals surface area contributed by atoms with Crippen molar-refractivity contribution in [3.8, 4) is 5.88 Å². The van der Waals surface area contributed by atoms with Gasteiger partial charge in [-0.1, -0.05) is 6.92 Å². The number of hydrogen-bond acceptors (Lipinski definition) is 5. The monoisotopic (exact) mass is 279 g/mol. The molecule has 0 radical (unpaired) electrons. The number of methoxy groups -OCH3 is 1. The van der Waals surface area contributed by atoms with E-state index in [4.69, 9.17) is 4.74 Å². The summed E-state index contributed by atoms with van der Waals surface area (Å²) in [4.78, 5) is 8.03. The second kappa shape index (κ2) is 7.25. The first kappa shape index (κ1) is 15.6. The highest BCUT2D eigenvalue weighted by atomic mass is 19.4. The number of halogens is 3. The van der Waals surface area contributed by atoms with E-state index in [0.29, 0.717) is 12.2 Å². The third-order valence-electron chi connectivity index (χ3n) is 2.22. The average Bonchev–Trinajstić information content (AvgIpc) is 2.36. The molecule has 1 unspecified atom stereocenters. The van der Waals surface area contributed by atoms with Gasteiger partial charge in [-0.15, -0.1) is 0 Å². The van der Waals surface area contributed by atoms with Gasteiger partial charge in [0.1, 0.15) is 12.3 Å². The molecule has 0 fully saturated rings. The Morgan fingerprint density at radius 1 is 1.32 bits per heavy atom. The van der Waals surface area contributed by atoms with Crippen LogP contribution >= 0.6 is 0 Å². The van der Waals surface area contributed by atoms with Crippen LogP contribution in [0.2, 0.25) is 0 Å². The average molecular weight is 279 g/mol. The lowest BCUT2D eigenvalue weighted by molar-refractivity contribution is -0.175. The number of alkyl halides is 3. The number of ether oxygens (including phenoxy) is 2. The van der Waals surface area contributed by atoms with Crippen molar-refractivity contribution < 1.29 is 22.6 Å². The second-order valence-electron chi connectivity index (χ2n) is 3.69. The molecule has 0 aliphatic heterocycles. The van der Waals surface area contributed by atoms with Crippen LogP contribution in [-0.2, 0) is 4.74 Å². The largest absolute Gasteiger partial charge is 0.480 e. The molecule has 0 saturated heterocycles. The van der Waals surface area contributed by atoms with Gasteiger partial charge in [0.25, 0.3) is 0 Å². The fraction of sp³-hybridized carbons (Fsp3) is 0.636. The zero-order chi connectivity index (χ0) is 14.3. The van der Waals surface area contributed by atoms with Crippen LogP contribution in [0, 0.1) is 0 Å². The number of hydrogen-bond donors (Lipinski definition) is 1. The summed E-state index contributed by atoms with van der Waals surface area (Å²) in [6.45, 7) is 0.930. The van der Waals surface area contributed by atoms with Gasteiger partial charge >= 0.3 is 6.18 Å². The molecule has 1 rings (SSSR count). The van der Waals surface area contributed by atoms with E-state index in [1.54, 1.807) is 0 Å². The van der Waals surface area contributed by atoms with Crippen LogP contribution in [0.3, 0.4) is 0 Å². The Labute approximate surface area is 109 Å². The minimum absolute atomic E-state index is 0.164. The van der Waals surface area contributed by atoms with Crippen LogP contribution in [0.15, 0.2) is 12.4 Å². The van der Waals surface area contributed by atoms with Crippen LogP contribution in [0.1, 0.15) is 18.7 Å². The van der Waals surface area contributed by atoms with Gasteiger partial charge in [0.2, 0.25) is 5.88 Å². The molecule has 5 nitrogen and oxygen atoms in total. The lowest BCUT2D eigenvalue weighted by Gasteiger charge is -2.19. The fourth-order valence-corrected chi connectivity index (χ4v) is 1.51. The minimum atomic E-state index is -4.34. The zero-order valence-corrected chi connectivity index (χ0v) is 10.7. The Balaban J connectivity index is 2.71. The number of likely N-dealkylation sites (N-methyl/N-ethyl adjacent to an activating group) is 1. The number of nitrogens with one attached hydrogen (secondary N) is 1. The Hall–Kier alpha value is -1.41. The molecule has 8 heteroatoms. The van der Waals surface area contributed by atoms with E-state index in [-0.39, 0.29) is 12.5 Å². The first-order chi connectivity index (χ1) is 8.98. The molecule has 1 aromatic heterocycles. The molecule has 19 heavy (non-hydrogen) atoms. The molecule has 0 bridgehead atoms. The van der Waals surface area contributed by atoms with Gasteiger partial charge in [0.15, 0.2) is 0 Å². The van der Waals surface area contributed by atoms with E-state index >= 15 is 0 Å². The van der Waals surface area contributed by atoms with Crippen molar-refractivity contribution in [1.29, 1.82) is 0 Å². The highest BCUT2D eigenvalue weighted by molar-refractivity contribution is 5.21. The van der Waals surface area contributed by atoms with Crippen molar-refractivity contribution >= 4 is 0 Å². The topological polar surface area (TPSA) is 56.3 Å². The Morgan fingerprint density at radius 2 is 2.00 bits per heavy atom. The van der Waals surface area contributed by atoms with Gasteiger partial charge in [-0.25, -0.2) is 4.98 Å². The Kier molecular flexibility index (Phi) is 5.97. The lowest BCUT2D eigenvalue weighted by atomic mass is 10.2. The van der Waals surface area contributed by atoms with E-state index < -0.39 is 18.8 Å². The van der Waals surface area contributed by atoms with Crippen molar-refractivity contribution in [3.05, 3.63) is 18.1 Å². The third kappa shape index (κ3) is 5.39. The zero-order valence-electron chi connectivity index (χ0n) is 10.7. The molecule has 0 amide bonds. The quantitative estimate of drug-likeness (QED) is 0.823. The van der Waals surface area contributed by atoms with Gasteiger partial charge in [-0.3, -0.25) is 4.98 Å². The number of nitrogens with zero attached hydrogens (tertiary/aromatic N) is 2. The molecule has 1 heterocycles. The standard InChI is InChI=1S/C11H16F3N3O2/c1-3-15-8(6-19-7-11(12,13)14)9-10(18-2)17-5-4-16-9/h4-5,8,15H,3,6-7H2,1-2H3. The van der Waals surface area contributed by atoms with Crippen LogP contribution in [-0.4, -0.2) is 43.0 Å². The maximum absolute atomic E-state index is 12.0. The summed E-state index contributed by atoms with van der Waals surface area (Å²) < 4.78 is 45.8. The van der Waals surface area contributed by atoms with E-state index in [2.05, 4.69) is 20.0 Å². The van der Waals surface area contributed by atoms with Crippen molar-refractivity contribution in [2.45, 2.75) is 19.1 Å². The second-order valence-corrected chi connectivity index (χ2v) is 3.69. The van der Waals surface area contributed by atoms with Crippen molar-refractivity contribution in [3.63, 3.8) is 0 Å². The summed E-state index contributed by atoms with van der Waals surface area (Å²) >= 11 is 0. The van der Waals surface area contributed by atoms with Crippen LogP contribution in [0.25, 0.3) is 0 Å². The van der Waals surface area contributed by atoms with Crippen molar-refractivity contribution in [2.75, 3.05) is 26.9 Å². The Morgan fingerprint density at radius 3 is 2.58 bits per heavy atom. The van der Waals surface area contributed by atoms with Gasteiger partial charge in [-0.2, -0.15) is 13.2 Å². The molecule has 0 spiro atoms. The van der Waals surface area contributed by atoms with Crippen LogP contribution in [0.5, 0.6) is 5.88 Å². The molecule has 108 valence electrons. The molecule has 1 atom stereocenters. The van der Waals surface area contributed by atoms with Gasteiger partial charge in [-0.05, 0) is 6.54 Å². The number of rotatable bonds is 7. The first-order valence-corrected chi connectivity index (χ1v) is 5.70. The van der Waals surface area contributed by atoms with E-state index in [9.17, 15) is 13.2 Å². The smallest absolute Gasteiger partial charge is 0.411 e. The third-order valence-corrected chi connectivity index (χ3v) is 2.22. The van der Waals surface area contributed by atoms with Gasteiger partial charge in [0.05, 0.1) is 19.8 Å². The molecule has 0 aliphatic carbocycles. The van der Waals surface area contributed by atoms with Crippen LogP contribution in [0.4, 0.5) is 13.2 Å². The molecular formula is C11H16F3N3O2. The molecule has 0 aliphatic rings. The number of aromatic nitrogens is 2. The minimum Gasteiger partial charge on any atom is -0.480 e. The van der Waals surface area contributed by atoms with E-state index in [1.807, 2.05) is 6.92 Å². The normalized spacial score (nSPS) is 13.3. The molecular weight excluding hydrogens is 263 g/mol. The maximum Gasteiger partial charge on any atom is 0.411 e. The molecule has 1 aromatic rings. The molecule has 0 saturated carbocycles. The Bertz CT molecular complexity index is 388. The van der Waals surface area contributed by atoms with Crippen molar-refractivity contribution in [2.24, 2.45) is 0 Å². The fourth-order valence-electron chi connectivity index (χ4n) is 1.51. The summed E-state index contributed by atoms with van der Waals surface area (Å²) in [5.74, 6) is 0.268. The highest BCUT2D eigenvalue weighted by Gasteiger charge is 2.28. The SMILES string of the molecule is CCNC(COCC(F)(F)F)c1nccnc1OC. The summed E-state index contributed by atoms with van der Waals surface area (Å²) in [5, 5.41) is 2.99. The van der Waals surface area contributed by atoms with E-state index in [0.717, 1.165) is 0 Å². The summed E-state index contributed by atoms with van der Waals surface area (Å²) in [5.41, 5.74) is 0.425. The maximum atomic E-state index is 12.0. The summed E-state index contributed by atoms with van der Waals surface area (Å²) in [6, 6.07) is -0.504. The predicted molar refractivity (Wildman–Crippen MR) is 61.9 cm³/mol.